The summed E-state index contributed by atoms with van der Waals surface area (Å²) in [5.41, 5.74) is 4.19. The molecule has 0 aliphatic carbocycles. The van der Waals surface area contributed by atoms with E-state index in [2.05, 4.69) is 20.4 Å². The lowest BCUT2D eigenvalue weighted by Gasteiger charge is -2.14. The normalized spacial score (nSPS) is 12.2. The van der Waals surface area contributed by atoms with E-state index in [9.17, 15) is 4.79 Å². The molecule has 26 heavy (non-hydrogen) atoms. The summed E-state index contributed by atoms with van der Waals surface area (Å²) in [5.74, 6) is -0.195. The second-order valence-corrected chi connectivity index (χ2v) is 6.22. The third-order valence-electron chi connectivity index (χ3n) is 4.26. The SMILES string of the molecule is Cc1ccc2nc(C(=O)N[C@@H](C)c3ccc(-n4cncn4)cc3)cn2c1. The van der Waals surface area contributed by atoms with E-state index in [1.807, 2.05) is 60.8 Å². The van der Waals surface area contributed by atoms with Gasteiger partial charge >= 0.3 is 0 Å². The number of aromatic nitrogens is 5. The molecular weight excluding hydrogens is 328 g/mol. The van der Waals surface area contributed by atoms with E-state index in [4.69, 9.17) is 0 Å². The third-order valence-corrected chi connectivity index (χ3v) is 4.26. The van der Waals surface area contributed by atoms with Crippen molar-refractivity contribution in [2.45, 2.75) is 19.9 Å². The average Bonchev–Trinajstić information content (AvgIpc) is 3.31. The number of nitrogens with zero attached hydrogens (tertiary/aromatic N) is 5. The molecule has 0 aliphatic heterocycles. The molecule has 0 saturated carbocycles. The maximum absolute atomic E-state index is 12.5. The van der Waals surface area contributed by atoms with Crippen molar-refractivity contribution < 1.29 is 4.79 Å². The van der Waals surface area contributed by atoms with E-state index in [-0.39, 0.29) is 11.9 Å². The van der Waals surface area contributed by atoms with E-state index in [1.165, 1.54) is 6.33 Å². The van der Waals surface area contributed by atoms with Crippen molar-refractivity contribution in [2.24, 2.45) is 0 Å². The number of nitrogens with one attached hydrogen (secondary N) is 1. The number of hydrogen-bond acceptors (Lipinski definition) is 4. The molecule has 0 aliphatic rings. The van der Waals surface area contributed by atoms with Crippen LogP contribution in [0.3, 0.4) is 0 Å². The Kier molecular flexibility index (Phi) is 3.96. The Labute approximate surface area is 150 Å². The first kappa shape index (κ1) is 16.0. The molecular formula is C19H18N6O. The maximum Gasteiger partial charge on any atom is 0.271 e. The number of pyridine rings is 1. The molecule has 0 bridgehead atoms. The highest BCUT2D eigenvalue weighted by molar-refractivity contribution is 5.93. The van der Waals surface area contributed by atoms with Crippen LogP contribution in [-0.2, 0) is 0 Å². The van der Waals surface area contributed by atoms with Crippen LogP contribution in [0.1, 0.15) is 34.6 Å². The van der Waals surface area contributed by atoms with Crippen LogP contribution in [0.25, 0.3) is 11.3 Å². The second-order valence-electron chi connectivity index (χ2n) is 6.22. The summed E-state index contributed by atoms with van der Waals surface area (Å²) >= 11 is 0. The Hall–Kier alpha value is -3.48. The summed E-state index contributed by atoms with van der Waals surface area (Å²) in [5, 5.41) is 7.09. The lowest BCUT2D eigenvalue weighted by molar-refractivity contribution is 0.0935. The molecule has 1 aromatic carbocycles. The highest BCUT2D eigenvalue weighted by atomic mass is 16.2. The third kappa shape index (κ3) is 3.06. The Morgan fingerprint density at radius 3 is 2.65 bits per heavy atom. The molecule has 1 amide bonds. The predicted molar refractivity (Wildman–Crippen MR) is 97.2 cm³/mol. The molecule has 130 valence electrons. The minimum Gasteiger partial charge on any atom is -0.344 e. The Balaban J connectivity index is 1.49. The molecule has 0 saturated heterocycles. The van der Waals surface area contributed by atoms with Gasteiger partial charge in [0.2, 0.25) is 0 Å². The van der Waals surface area contributed by atoms with E-state index in [0.29, 0.717) is 5.69 Å². The number of benzene rings is 1. The lowest BCUT2D eigenvalue weighted by atomic mass is 10.1. The van der Waals surface area contributed by atoms with Crippen LogP contribution in [0.15, 0.2) is 61.4 Å². The van der Waals surface area contributed by atoms with Crippen molar-refractivity contribution in [1.29, 1.82) is 0 Å². The molecule has 3 heterocycles. The smallest absolute Gasteiger partial charge is 0.271 e. The number of hydrogen-bond donors (Lipinski definition) is 1. The van der Waals surface area contributed by atoms with Crippen LogP contribution in [-0.4, -0.2) is 30.1 Å². The zero-order valence-corrected chi connectivity index (χ0v) is 14.5. The monoisotopic (exact) mass is 346 g/mol. The molecule has 0 spiro atoms. The van der Waals surface area contributed by atoms with Crippen molar-refractivity contribution in [3.8, 4) is 5.69 Å². The molecule has 4 rings (SSSR count). The Morgan fingerprint density at radius 1 is 1.12 bits per heavy atom. The van der Waals surface area contributed by atoms with Crippen LogP contribution in [0.4, 0.5) is 0 Å². The van der Waals surface area contributed by atoms with Crippen molar-refractivity contribution in [3.63, 3.8) is 0 Å². The van der Waals surface area contributed by atoms with Gasteiger partial charge in [0, 0.05) is 12.4 Å². The number of carbonyl (C=O) groups excluding carboxylic acids is 1. The maximum atomic E-state index is 12.5. The van der Waals surface area contributed by atoms with Crippen molar-refractivity contribution in [1.82, 2.24) is 29.5 Å². The number of carbonyl (C=O) groups is 1. The first-order chi connectivity index (χ1) is 12.6. The molecule has 0 fully saturated rings. The molecule has 1 N–H and O–H groups in total. The minimum atomic E-state index is -0.195. The summed E-state index contributed by atoms with van der Waals surface area (Å²) in [6.45, 7) is 3.95. The number of imidazole rings is 1. The summed E-state index contributed by atoms with van der Waals surface area (Å²) in [7, 11) is 0. The quantitative estimate of drug-likeness (QED) is 0.616. The first-order valence-electron chi connectivity index (χ1n) is 8.31. The average molecular weight is 346 g/mol. The largest absolute Gasteiger partial charge is 0.344 e. The van der Waals surface area contributed by atoms with E-state index < -0.39 is 0 Å². The summed E-state index contributed by atoms with van der Waals surface area (Å²) in [6, 6.07) is 11.6. The molecule has 7 nitrogen and oxygen atoms in total. The number of aryl methyl sites for hydroxylation is 1. The van der Waals surface area contributed by atoms with Crippen molar-refractivity contribution in [2.75, 3.05) is 0 Å². The van der Waals surface area contributed by atoms with Crippen LogP contribution in [0, 0.1) is 6.92 Å². The van der Waals surface area contributed by atoms with Crippen LogP contribution >= 0.6 is 0 Å². The van der Waals surface area contributed by atoms with E-state index >= 15 is 0 Å². The minimum absolute atomic E-state index is 0.140. The van der Waals surface area contributed by atoms with Gasteiger partial charge in [0.25, 0.3) is 5.91 Å². The van der Waals surface area contributed by atoms with Gasteiger partial charge in [-0.25, -0.2) is 14.6 Å². The van der Waals surface area contributed by atoms with Gasteiger partial charge < -0.3 is 9.72 Å². The standard InChI is InChI=1S/C19H18N6O/c1-13-3-8-18-23-17(10-24(18)9-13)19(26)22-14(2)15-4-6-16(7-5-15)25-12-20-11-21-25/h3-12,14H,1-2H3,(H,22,26)/t14-/m0/s1. The Morgan fingerprint density at radius 2 is 1.92 bits per heavy atom. The fraction of sp³-hybridized carbons (Fsp3) is 0.158. The van der Waals surface area contributed by atoms with Crippen LogP contribution in [0.2, 0.25) is 0 Å². The first-order valence-corrected chi connectivity index (χ1v) is 8.31. The fourth-order valence-corrected chi connectivity index (χ4v) is 2.82. The summed E-state index contributed by atoms with van der Waals surface area (Å²) in [4.78, 5) is 20.8. The van der Waals surface area contributed by atoms with Crippen LogP contribution < -0.4 is 5.32 Å². The summed E-state index contributed by atoms with van der Waals surface area (Å²) in [6.07, 6.45) is 6.84. The molecule has 4 aromatic rings. The molecule has 1 atom stereocenters. The van der Waals surface area contributed by atoms with Gasteiger partial charge in [-0.1, -0.05) is 18.2 Å². The van der Waals surface area contributed by atoms with Gasteiger partial charge in [-0.05, 0) is 43.2 Å². The zero-order valence-electron chi connectivity index (χ0n) is 14.5. The second kappa shape index (κ2) is 6.44. The molecule has 3 aromatic heterocycles. The highest BCUT2D eigenvalue weighted by Gasteiger charge is 2.15. The highest BCUT2D eigenvalue weighted by Crippen LogP contribution is 2.16. The number of rotatable bonds is 4. The van der Waals surface area contributed by atoms with Gasteiger partial charge in [-0.15, -0.1) is 0 Å². The van der Waals surface area contributed by atoms with Gasteiger partial charge in [0.05, 0.1) is 11.7 Å². The van der Waals surface area contributed by atoms with Crippen molar-refractivity contribution >= 4 is 11.6 Å². The topological polar surface area (TPSA) is 77.1 Å². The Bertz CT molecular complexity index is 1050. The zero-order chi connectivity index (χ0) is 18.1. The van der Waals surface area contributed by atoms with Crippen LogP contribution in [0.5, 0.6) is 0 Å². The number of fused-ring (bicyclic) bond motifs is 1. The fourth-order valence-electron chi connectivity index (χ4n) is 2.82. The van der Waals surface area contributed by atoms with Gasteiger partial charge in [-0.2, -0.15) is 5.10 Å². The van der Waals surface area contributed by atoms with Gasteiger partial charge in [-0.3, -0.25) is 4.79 Å². The molecule has 0 unspecified atom stereocenters. The molecule has 0 radical (unpaired) electrons. The molecule has 7 heteroatoms. The summed E-state index contributed by atoms with van der Waals surface area (Å²) < 4.78 is 3.55. The van der Waals surface area contributed by atoms with Gasteiger partial charge in [0.1, 0.15) is 24.0 Å². The van der Waals surface area contributed by atoms with Gasteiger partial charge in [0.15, 0.2) is 0 Å². The number of amides is 1. The van der Waals surface area contributed by atoms with E-state index in [1.54, 1.807) is 17.2 Å². The lowest BCUT2D eigenvalue weighted by Crippen LogP contribution is -2.26. The predicted octanol–water partition coefficient (Wildman–Crippen LogP) is 2.71. The van der Waals surface area contributed by atoms with Crippen molar-refractivity contribution in [3.05, 3.63) is 78.3 Å². The van der Waals surface area contributed by atoms with E-state index in [0.717, 1.165) is 22.5 Å².